The standard InChI is InChI=1S/C12H22O3/c1-12(2)8-6-5-7-9(10(12)13)11(14-3)15-4/h9,11H,5-8H2,1-4H3. The minimum atomic E-state index is -0.380. The molecule has 0 heterocycles. The van der Waals surface area contributed by atoms with Crippen molar-refractivity contribution in [2.24, 2.45) is 11.3 Å². The molecule has 0 bridgehead atoms. The second-order valence-electron chi connectivity index (χ2n) is 4.94. The first-order valence-corrected chi connectivity index (χ1v) is 5.63. The van der Waals surface area contributed by atoms with Crippen molar-refractivity contribution in [1.29, 1.82) is 0 Å². The molecule has 0 aromatic rings. The van der Waals surface area contributed by atoms with Crippen LogP contribution in [0, 0.1) is 11.3 Å². The van der Waals surface area contributed by atoms with Crippen molar-refractivity contribution >= 4 is 5.78 Å². The molecule has 1 saturated carbocycles. The Morgan fingerprint density at radius 3 is 2.40 bits per heavy atom. The highest BCUT2D eigenvalue weighted by molar-refractivity contribution is 5.86. The van der Waals surface area contributed by atoms with E-state index in [1.165, 1.54) is 0 Å². The van der Waals surface area contributed by atoms with E-state index in [-0.39, 0.29) is 23.4 Å². The van der Waals surface area contributed by atoms with E-state index in [0.717, 1.165) is 25.7 Å². The molecule has 15 heavy (non-hydrogen) atoms. The number of rotatable bonds is 3. The van der Waals surface area contributed by atoms with Gasteiger partial charge in [0.1, 0.15) is 5.78 Å². The average Bonchev–Trinajstić information content (AvgIpc) is 2.32. The van der Waals surface area contributed by atoms with Crippen LogP contribution in [-0.2, 0) is 14.3 Å². The van der Waals surface area contributed by atoms with Gasteiger partial charge in [0.25, 0.3) is 0 Å². The predicted molar refractivity (Wildman–Crippen MR) is 58.6 cm³/mol. The quantitative estimate of drug-likeness (QED) is 0.534. The smallest absolute Gasteiger partial charge is 0.166 e. The summed E-state index contributed by atoms with van der Waals surface area (Å²) in [6.07, 6.45) is 3.69. The van der Waals surface area contributed by atoms with Crippen LogP contribution < -0.4 is 0 Å². The lowest BCUT2D eigenvalue weighted by Gasteiger charge is -2.28. The van der Waals surface area contributed by atoms with Crippen LogP contribution in [0.5, 0.6) is 0 Å². The van der Waals surface area contributed by atoms with Crippen molar-refractivity contribution in [1.82, 2.24) is 0 Å². The minimum absolute atomic E-state index is 0.0995. The van der Waals surface area contributed by atoms with Crippen molar-refractivity contribution in [3.8, 4) is 0 Å². The highest BCUT2D eigenvalue weighted by Crippen LogP contribution is 2.35. The Labute approximate surface area is 92.1 Å². The van der Waals surface area contributed by atoms with Crippen molar-refractivity contribution in [2.75, 3.05) is 14.2 Å². The lowest BCUT2D eigenvalue weighted by molar-refractivity contribution is -0.162. The molecular formula is C12H22O3. The molecule has 0 aromatic carbocycles. The topological polar surface area (TPSA) is 35.5 Å². The first-order valence-electron chi connectivity index (χ1n) is 5.63. The number of ketones is 1. The van der Waals surface area contributed by atoms with E-state index in [2.05, 4.69) is 0 Å². The van der Waals surface area contributed by atoms with E-state index in [9.17, 15) is 4.79 Å². The summed E-state index contributed by atoms with van der Waals surface area (Å²) >= 11 is 0. The van der Waals surface area contributed by atoms with Crippen LogP contribution in [0.1, 0.15) is 39.5 Å². The molecule has 1 fully saturated rings. The number of Topliss-reactive ketones (excluding diaryl/α,β-unsaturated/α-hetero) is 1. The summed E-state index contributed by atoms with van der Waals surface area (Å²) in [6, 6.07) is 0. The molecule has 0 amide bonds. The monoisotopic (exact) mass is 214 g/mol. The molecule has 1 unspecified atom stereocenters. The summed E-state index contributed by atoms with van der Waals surface area (Å²) in [6.45, 7) is 4.05. The Balaban J connectivity index is 2.81. The molecule has 1 rings (SSSR count). The maximum Gasteiger partial charge on any atom is 0.166 e. The first-order chi connectivity index (χ1) is 7.03. The van der Waals surface area contributed by atoms with Gasteiger partial charge in [0, 0.05) is 19.6 Å². The van der Waals surface area contributed by atoms with Crippen LogP contribution in [0.3, 0.4) is 0 Å². The predicted octanol–water partition coefficient (Wildman–Crippen LogP) is 2.39. The third-order valence-corrected chi connectivity index (χ3v) is 3.36. The number of hydrogen-bond donors (Lipinski definition) is 0. The van der Waals surface area contributed by atoms with E-state index < -0.39 is 0 Å². The Morgan fingerprint density at radius 2 is 1.87 bits per heavy atom. The van der Waals surface area contributed by atoms with Crippen LogP contribution in [0.2, 0.25) is 0 Å². The zero-order chi connectivity index (χ0) is 11.5. The van der Waals surface area contributed by atoms with Crippen molar-refractivity contribution in [2.45, 2.75) is 45.8 Å². The molecule has 0 saturated heterocycles. The molecule has 3 nitrogen and oxygen atoms in total. The SMILES string of the molecule is COC(OC)C1CCCCC(C)(C)C1=O. The van der Waals surface area contributed by atoms with E-state index in [1.807, 2.05) is 13.8 Å². The van der Waals surface area contributed by atoms with E-state index in [1.54, 1.807) is 14.2 Å². The fourth-order valence-corrected chi connectivity index (χ4v) is 2.37. The molecule has 1 aliphatic carbocycles. The van der Waals surface area contributed by atoms with Crippen LogP contribution in [0.15, 0.2) is 0 Å². The fraction of sp³-hybridized carbons (Fsp3) is 0.917. The summed E-state index contributed by atoms with van der Waals surface area (Å²) in [4.78, 5) is 12.3. The van der Waals surface area contributed by atoms with Crippen LogP contribution in [-0.4, -0.2) is 26.3 Å². The van der Waals surface area contributed by atoms with E-state index in [4.69, 9.17) is 9.47 Å². The zero-order valence-corrected chi connectivity index (χ0v) is 10.2. The van der Waals surface area contributed by atoms with Gasteiger partial charge in [0.15, 0.2) is 6.29 Å². The van der Waals surface area contributed by atoms with Gasteiger partial charge in [0.2, 0.25) is 0 Å². The summed E-state index contributed by atoms with van der Waals surface area (Å²) in [5.41, 5.74) is -0.226. The maximum atomic E-state index is 12.3. The van der Waals surface area contributed by atoms with Gasteiger partial charge in [-0.25, -0.2) is 0 Å². The fourth-order valence-electron chi connectivity index (χ4n) is 2.37. The minimum Gasteiger partial charge on any atom is -0.355 e. The molecule has 1 atom stereocenters. The number of hydrogen-bond acceptors (Lipinski definition) is 3. The van der Waals surface area contributed by atoms with E-state index in [0.29, 0.717) is 0 Å². The average molecular weight is 214 g/mol. The van der Waals surface area contributed by atoms with E-state index >= 15 is 0 Å². The summed E-state index contributed by atoms with van der Waals surface area (Å²) in [7, 11) is 3.19. The molecular weight excluding hydrogens is 192 g/mol. The lowest BCUT2D eigenvalue weighted by atomic mass is 9.79. The third-order valence-electron chi connectivity index (χ3n) is 3.36. The van der Waals surface area contributed by atoms with Crippen molar-refractivity contribution < 1.29 is 14.3 Å². The zero-order valence-electron chi connectivity index (χ0n) is 10.2. The molecule has 0 aromatic heterocycles. The van der Waals surface area contributed by atoms with Gasteiger partial charge in [-0.15, -0.1) is 0 Å². The highest BCUT2D eigenvalue weighted by atomic mass is 16.7. The van der Waals surface area contributed by atoms with Crippen LogP contribution in [0.4, 0.5) is 0 Å². The second-order valence-corrected chi connectivity index (χ2v) is 4.94. The molecule has 0 spiro atoms. The van der Waals surface area contributed by atoms with Gasteiger partial charge in [0.05, 0.1) is 5.92 Å². The number of carbonyl (C=O) groups is 1. The van der Waals surface area contributed by atoms with Gasteiger partial charge < -0.3 is 9.47 Å². The normalized spacial score (nSPS) is 26.7. The number of ether oxygens (including phenoxy) is 2. The van der Waals surface area contributed by atoms with Gasteiger partial charge >= 0.3 is 0 Å². The Kier molecular flexibility index (Phi) is 4.29. The van der Waals surface area contributed by atoms with Crippen LogP contribution >= 0.6 is 0 Å². The van der Waals surface area contributed by atoms with Gasteiger partial charge in [-0.2, -0.15) is 0 Å². The molecule has 1 aliphatic rings. The molecule has 0 aliphatic heterocycles. The number of methoxy groups -OCH3 is 2. The van der Waals surface area contributed by atoms with Gasteiger partial charge in [-0.05, 0) is 12.8 Å². The van der Waals surface area contributed by atoms with Crippen molar-refractivity contribution in [3.63, 3.8) is 0 Å². The lowest BCUT2D eigenvalue weighted by Crippen LogP contribution is -2.37. The van der Waals surface area contributed by atoms with Crippen LogP contribution in [0.25, 0.3) is 0 Å². The Hall–Kier alpha value is -0.410. The summed E-state index contributed by atoms with van der Waals surface area (Å²) in [5, 5.41) is 0. The third kappa shape index (κ3) is 2.79. The highest BCUT2D eigenvalue weighted by Gasteiger charge is 2.39. The first kappa shape index (κ1) is 12.7. The molecule has 88 valence electrons. The number of carbonyl (C=O) groups excluding carboxylic acids is 1. The van der Waals surface area contributed by atoms with Crippen molar-refractivity contribution in [3.05, 3.63) is 0 Å². The Bertz CT molecular complexity index is 219. The summed E-state index contributed by atoms with van der Waals surface area (Å²) < 4.78 is 10.4. The molecule has 3 heteroatoms. The van der Waals surface area contributed by atoms with Gasteiger partial charge in [-0.3, -0.25) is 4.79 Å². The second kappa shape index (κ2) is 5.08. The maximum absolute atomic E-state index is 12.3. The largest absolute Gasteiger partial charge is 0.355 e. The molecule has 0 radical (unpaired) electrons. The van der Waals surface area contributed by atoms with Gasteiger partial charge in [-0.1, -0.05) is 26.7 Å². The summed E-state index contributed by atoms with van der Waals surface area (Å²) in [5.74, 6) is 0.186. The Morgan fingerprint density at radius 1 is 1.27 bits per heavy atom. The molecule has 0 N–H and O–H groups in total.